The van der Waals surface area contributed by atoms with Crippen molar-refractivity contribution < 1.29 is 8.42 Å². The highest BCUT2D eigenvalue weighted by Crippen LogP contribution is 2.27. The van der Waals surface area contributed by atoms with Crippen LogP contribution in [0.3, 0.4) is 0 Å². The van der Waals surface area contributed by atoms with Gasteiger partial charge in [0.2, 0.25) is 10.0 Å². The van der Waals surface area contributed by atoms with Gasteiger partial charge in [0.05, 0.1) is 11.8 Å². The third-order valence-corrected chi connectivity index (χ3v) is 6.87. The molecule has 1 atom stereocenters. The van der Waals surface area contributed by atoms with Gasteiger partial charge in [-0.2, -0.15) is 0 Å². The van der Waals surface area contributed by atoms with Crippen LogP contribution in [0.25, 0.3) is 0 Å². The summed E-state index contributed by atoms with van der Waals surface area (Å²) in [7, 11) is -1.35. The van der Waals surface area contributed by atoms with E-state index >= 15 is 0 Å². The first-order valence-corrected chi connectivity index (χ1v) is 11.8. The largest absolute Gasteiger partial charge is 0.356 e. The highest BCUT2D eigenvalue weighted by molar-refractivity contribution is 7.89. The molecule has 0 amide bonds. The van der Waals surface area contributed by atoms with Crippen molar-refractivity contribution in [3.8, 4) is 0 Å². The molecule has 0 aliphatic carbocycles. The van der Waals surface area contributed by atoms with Crippen LogP contribution in [-0.4, -0.2) is 64.8 Å². The predicted octanol–water partition coefficient (Wildman–Crippen LogP) is 1.38. The predicted molar refractivity (Wildman–Crippen MR) is 109 cm³/mol. The van der Waals surface area contributed by atoms with Crippen LogP contribution in [0, 0.1) is 0 Å². The van der Waals surface area contributed by atoms with Gasteiger partial charge in [-0.25, -0.2) is 13.1 Å². The molecule has 7 nitrogen and oxygen atoms in total. The van der Waals surface area contributed by atoms with Crippen LogP contribution in [0.1, 0.15) is 37.1 Å². The number of aliphatic imine (C=N–C) groups is 1. The zero-order valence-corrected chi connectivity index (χ0v) is 17.3. The van der Waals surface area contributed by atoms with Crippen molar-refractivity contribution in [3.63, 3.8) is 0 Å². The summed E-state index contributed by atoms with van der Waals surface area (Å²) in [5.41, 5.74) is 0. The number of hydrogen-bond donors (Lipinski definition) is 3. The lowest BCUT2D eigenvalue weighted by Crippen LogP contribution is -2.43. The number of sulfonamides is 1. The summed E-state index contributed by atoms with van der Waals surface area (Å²) < 4.78 is 25.4. The Bertz CT molecular complexity index is 640. The summed E-state index contributed by atoms with van der Waals surface area (Å²) in [6.07, 6.45) is 3.24. The molecular formula is C17H31N5O2S2. The van der Waals surface area contributed by atoms with E-state index in [4.69, 9.17) is 0 Å². The molecule has 1 unspecified atom stereocenters. The molecule has 0 aromatic carbocycles. The van der Waals surface area contributed by atoms with Crippen molar-refractivity contribution in [1.29, 1.82) is 0 Å². The highest BCUT2D eigenvalue weighted by Gasteiger charge is 2.24. The van der Waals surface area contributed by atoms with Crippen LogP contribution in [0.15, 0.2) is 22.5 Å². The van der Waals surface area contributed by atoms with Crippen molar-refractivity contribution >= 4 is 27.3 Å². The van der Waals surface area contributed by atoms with Crippen molar-refractivity contribution in [2.75, 3.05) is 45.5 Å². The minimum absolute atomic E-state index is 0.115. The van der Waals surface area contributed by atoms with E-state index in [2.05, 4.69) is 42.8 Å². The van der Waals surface area contributed by atoms with Crippen LogP contribution in [0.2, 0.25) is 0 Å². The maximum atomic E-state index is 11.4. The summed E-state index contributed by atoms with van der Waals surface area (Å²) in [6.45, 7) is 5.84. The Kier molecular flexibility index (Phi) is 8.83. The molecule has 0 saturated carbocycles. The molecule has 148 valence electrons. The fourth-order valence-corrected chi connectivity index (χ4v) is 4.50. The van der Waals surface area contributed by atoms with E-state index in [0.29, 0.717) is 25.6 Å². The van der Waals surface area contributed by atoms with Crippen molar-refractivity contribution in [2.45, 2.75) is 32.2 Å². The van der Waals surface area contributed by atoms with Crippen LogP contribution >= 0.6 is 11.3 Å². The molecule has 0 radical (unpaired) electrons. The van der Waals surface area contributed by atoms with E-state index < -0.39 is 10.0 Å². The van der Waals surface area contributed by atoms with Gasteiger partial charge in [-0.3, -0.25) is 9.89 Å². The van der Waals surface area contributed by atoms with Gasteiger partial charge in [0, 0.05) is 31.6 Å². The van der Waals surface area contributed by atoms with Crippen LogP contribution in [0.5, 0.6) is 0 Å². The van der Waals surface area contributed by atoms with Gasteiger partial charge >= 0.3 is 0 Å². The topological polar surface area (TPSA) is 85.8 Å². The summed E-state index contributed by atoms with van der Waals surface area (Å²) in [4.78, 5) is 8.18. The van der Waals surface area contributed by atoms with Gasteiger partial charge in [-0.05, 0) is 50.7 Å². The van der Waals surface area contributed by atoms with E-state index in [1.165, 1.54) is 17.7 Å². The summed E-state index contributed by atoms with van der Waals surface area (Å²) in [5, 5.41) is 8.80. The second-order valence-electron chi connectivity index (χ2n) is 6.31. The molecule has 1 aliphatic rings. The fraction of sp³-hybridized carbons (Fsp3) is 0.706. The molecule has 3 N–H and O–H groups in total. The molecule has 1 aliphatic heterocycles. The average molecular weight is 402 g/mol. The molecule has 1 fully saturated rings. The van der Waals surface area contributed by atoms with E-state index in [9.17, 15) is 8.42 Å². The second-order valence-corrected chi connectivity index (χ2v) is 9.38. The molecule has 2 heterocycles. The molecule has 1 saturated heterocycles. The summed E-state index contributed by atoms with van der Waals surface area (Å²) in [6, 6.07) is 4.67. The van der Waals surface area contributed by atoms with Gasteiger partial charge in [-0.1, -0.05) is 6.07 Å². The fourth-order valence-electron chi connectivity index (χ4n) is 2.98. The smallest absolute Gasteiger partial charge is 0.211 e. The van der Waals surface area contributed by atoms with Crippen molar-refractivity contribution in [1.82, 2.24) is 20.3 Å². The molecule has 9 heteroatoms. The third-order valence-electron chi connectivity index (χ3n) is 4.49. The van der Waals surface area contributed by atoms with Gasteiger partial charge in [-0.15, -0.1) is 11.3 Å². The Morgan fingerprint density at radius 2 is 2.08 bits per heavy atom. The number of nitrogens with zero attached hydrogens (tertiary/aromatic N) is 2. The Morgan fingerprint density at radius 1 is 1.31 bits per heavy atom. The van der Waals surface area contributed by atoms with Crippen LogP contribution < -0.4 is 15.4 Å². The SMILES string of the molecule is CCS(=O)(=O)NCCCNC(=NC)NCC(c1cccs1)N1CCCC1. The third kappa shape index (κ3) is 6.86. The maximum Gasteiger partial charge on any atom is 0.211 e. The van der Waals surface area contributed by atoms with Gasteiger partial charge in [0.25, 0.3) is 0 Å². The zero-order valence-electron chi connectivity index (χ0n) is 15.7. The molecule has 26 heavy (non-hydrogen) atoms. The second kappa shape index (κ2) is 10.9. The molecule has 1 aromatic rings. The number of guanidine groups is 1. The van der Waals surface area contributed by atoms with Crippen LogP contribution in [0.4, 0.5) is 0 Å². The lowest BCUT2D eigenvalue weighted by Gasteiger charge is -2.27. The molecule has 0 bridgehead atoms. The lowest BCUT2D eigenvalue weighted by atomic mass is 10.2. The highest BCUT2D eigenvalue weighted by atomic mass is 32.2. The molecule has 0 spiro atoms. The van der Waals surface area contributed by atoms with Crippen LogP contribution in [-0.2, 0) is 10.0 Å². The lowest BCUT2D eigenvalue weighted by molar-refractivity contribution is 0.249. The molecule has 2 rings (SSSR count). The zero-order chi connectivity index (χ0) is 18.8. The molecule has 1 aromatic heterocycles. The normalized spacial score (nSPS) is 17.4. The summed E-state index contributed by atoms with van der Waals surface area (Å²) in [5.74, 6) is 0.869. The van der Waals surface area contributed by atoms with Gasteiger partial charge in [0.1, 0.15) is 0 Å². The Morgan fingerprint density at radius 3 is 2.69 bits per heavy atom. The first-order valence-electron chi connectivity index (χ1n) is 9.25. The first kappa shape index (κ1) is 21.1. The first-order chi connectivity index (χ1) is 12.6. The summed E-state index contributed by atoms with van der Waals surface area (Å²) >= 11 is 1.80. The molecular weight excluding hydrogens is 370 g/mol. The Balaban J connectivity index is 1.76. The minimum atomic E-state index is -3.11. The Hall–Kier alpha value is -1.16. The monoisotopic (exact) mass is 401 g/mol. The maximum absolute atomic E-state index is 11.4. The van der Waals surface area contributed by atoms with Crippen molar-refractivity contribution in [3.05, 3.63) is 22.4 Å². The number of rotatable bonds is 10. The van der Waals surface area contributed by atoms with E-state index in [1.54, 1.807) is 25.3 Å². The Labute approximate surface area is 161 Å². The minimum Gasteiger partial charge on any atom is -0.356 e. The number of nitrogens with one attached hydrogen (secondary N) is 3. The van der Waals surface area contributed by atoms with Gasteiger partial charge in [0.15, 0.2) is 5.96 Å². The standard InChI is InChI=1S/C17H31N5O2S2/c1-3-26(23,24)21-10-7-9-19-17(18-2)20-14-15(16-8-6-13-25-16)22-11-4-5-12-22/h6,8,13,15,21H,3-5,7,9-12,14H2,1-2H3,(H2,18,19,20). The number of thiophene rings is 1. The van der Waals surface area contributed by atoms with Gasteiger partial charge < -0.3 is 10.6 Å². The van der Waals surface area contributed by atoms with E-state index in [0.717, 1.165) is 25.6 Å². The van der Waals surface area contributed by atoms with E-state index in [1.807, 2.05) is 0 Å². The van der Waals surface area contributed by atoms with Crippen molar-refractivity contribution in [2.24, 2.45) is 4.99 Å². The number of likely N-dealkylation sites (tertiary alicyclic amines) is 1. The quantitative estimate of drug-likeness (QED) is 0.313. The average Bonchev–Trinajstić information content (AvgIpc) is 3.34. The van der Waals surface area contributed by atoms with E-state index in [-0.39, 0.29) is 5.75 Å². The number of hydrogen-bond acceptors (Lipinski definition) is 5.